The van der Waals surface area contributed by atoms with Crippen LogP contribution in [0.5, 0.6) is 5.88 Å². The van der Waals surface area contributed by atoms with E-state index in [1.54, 1.807) is 11.1 Å². The van der Waals surface area contributed by atoms with Crippen LogP contribution in [0.15, 0.2) is 24.4 Å². The molecule has 0 aliphatic carbocycles. The molecule has 0 bridgehead atoms. The van der Waals surface area contributed by atoms with E-state index in [1.807, 2.05) is 0 Å². The largest absolute Gasteiger partial charge is 0.472 e. The van der Waals surface area contributed by atoms with Gasteiger partial charge in [-0.25, -0.2) is 8.78 Å². The van der Waals surface area contributed by atoms with Gasteiger partial charge in [0.1, 0.15) is 23.9 Å². The van der Waals surface area contributed by atoms with Gasteiger partial charge in [0, 0.05) is 32.0 Å². The molecule has 0 atom stereocenters. The third-order valence-corrected chi connectivity index (χ3v) is 4.24. The van der Waals surface area contributed by atoms with Crippen molar-refractivity contribution in [2.45, 2.75) is 25.4 Å². The first kappa shape index (κ1) is 15.8. The molecular formula is C15H15F2N3O2S. The van der Waals surface area contributed by atoms with Crippen molar-refractivity contribution in [1.29, 1.82) is 0 Å². The number of amides is 1. The molecule has 0 N–H and O–H groups in total. The van der Waals surface area contributed by atoms with Gasteiger partial charge in [-0.1, -0.05) is 6.07 Å². The topological polar surface area (TPSA) is 55.3 Å². The summed E-state index contributed by atoms with van der Waals surface area (Å²) in [4.78, 5) is 13.9. The Bertz CT molecular complexity index is 673. The number of ether oxygens (including phenoxy) is 1. The molecular weight excluding hydrogens is 324 g/mol. The van der Waals surface area contributed by atoms with Crippen molar-refractivity contribution in [1.82, 2.24) is 13.6 Å². The quantitative estimate of drug-likeness (QED) is 0.858. The fraction of sp³-hybridized carbons (Fsp3) is 0.400. The van der Waals surface area contributed by atoms with Crippen LogP contribution in [0, 0.1) is 11.6 Å². The number of carbonyl (C=O) groups is 1. The Morgan fingerprint density at radius 3 is 2.78 bits per heavy atom. The summed E-state index contributed by atoms with van der Waals surface area (Å²) in [6.45, 7) is 1.09. The summed E-state index contributed by atoms with van der Waals surface area (Å²) in [7, 11) is 0. The number of rotatable bonds is 4. The number of hydrogen-bond acceptors (Lipinski definition) is 5. The first-order valence-electron chi connectivity index (χ1n) is 7.28. The maximum absolute atomic E-state index is 13.6. The van der Waals surface area contributed by atoms with Crippen molar-refractivity contribution < 1.29 is 18.3 Å². The zero-order valence-corrected chi connectivity index (χ0v) is 13.1. The van der Waals surface area contributed by atoms with Gasteiger partial charge < -0.3 is 9.64 Å². The van der Waals surface area contributed by atoms with Crippen LogP contribution in [0.2, 0.25) is 0 Å². The Hall–Kier alpha value is -2.09. The summed E-state index contributed by atoms with van der Waals surface area (Å²) in [5, 5.41) is 0. The minimum atomic E-state index is -0.687. The van der Waals surface area contributed by atoms with E-state index in [-0.39, 0.29) is 24.0 Å². The van der Waals surface area contributed by atoms with Crippen molar-refractivity contribution in [3.8, 4) is 5.88 Å². The maximum atomic E-state index is 13.6. The highest BCUT2D eigenvalue weighted by atomic mass is 32.1. The van der Waals surface area contributed by atoms with E-state index in [2.05, 4.69) is 8.75 Å². The minimum Gasteiger partial charge on any atom is -0.472 e. The molecule has 1 aromatic heterocycles. The molecule has 122 valence electrons. The molecule has 0 radical (unpaired) electrons. The number of nitrogens with zero attached hydrogens (tertiary/aromatic N) is 3. The second kappa shape index (κ2) is 6.99. The number of likely N-dealkylation sites (tertiary alicyclic amines) is 1. The Morgan fingerprint density at radius 2 is 2.13 bits per heavy atom. The highest BCUT2D eigenvalue weighted by molar-refractivity contribution is 6.99. The fourth-order valence-electron chi connectivity index (χ4n) is 2.54. The summed E-state index contributed by atoms with van der Waals surface area (Å²) >= 11 is 1.09. The smallest absolute Gasteiger partial charge is 0.245 e. The van der Waals surface area contributed by atoms with Gasteiger partial charge in [0.15, 0.2) is 0 Å². The van der Waals surface area contributed by atoms with Crippen LogP contribution in [0.1, 0.15) is 18.4 Å². The minimum absolute atomic E-state index is 0.00510. The third kappa shape index (κ3) is 4.01. The zero-order chi connectivity index (χ0) is 16.2. The Morgan fingerprint density at radius 1 is 1.35 bits per heavy atom. The van der Waals surface area contributed by atoms with Crippen LogP contribution in [0.4, 0.5) is 8.78 Å². The van der Waals surface area contributed by atoms with Gasteiger partial charge in [0.05, 0.1) is 18.1 Å². The lowest BCUT2D eigenvalue weighted by Gasteiger charge is -2.31. The molecule has 1 fully saturated rings. The van der Waals surface area contributed by atoms with Crippen LogP contribution in [0.25, 0.3) is 0 Å². The SMILES string of the molecule is O=C(Cc1ccc(F)cc1F)N1CCC(Oc2cnsn2)CC1. The van der Waals surface area contributed by atoms with Gasteiger partial charge in [0.2, 0.25) is 11.8 Å². The van der Waals surface area contributed by atoms with Crippen LogP contribution < -0.4 is 4.74 Å². The molecule has 23 heavy (non-hydrogen) atoms. The lowest BCUT2D eigenvalue weighted by atomic mass is 10.1. The van der Waals surface area contributed by atoms with Crippen molar-refractivity contribution in [3.63, 3.8) is 0 Å². The summed E-state index contributed by atoms with van der Waals surface area (Å²) in [6, 6.07) is 3.27. The highest BCUT2D eigenvalue weighted by Crippen LogP contribution is 2.19. The maximum Gasteiger partial charge on any atom is 0.245 e. The third-order valence-electron chi connectivity index (χ3n) is 3.78. The van der Waals surface area contributed by atoms with E-state index in [4.69, 9.17) is 4.74 Å². The van der Waals surface area contributed by atoms with Crippen molar-refractivity contribution >= 4 is 17.6 Å². The zero-order valence-electron chi connectivity index (χ0n) is 12.2. The Kier molecular flexibility index (Phi) is 4.80. The first-order valence-corrected chi connectivity index (χ1v) is 8.01. The second-order valence-corrected chi connectivity index (χ2v) is 5.91. The monoisotopic (exact) mass is 339 g/mol. The molecule has 2 aromatic rings. The van der Waals surface area contributed by atoms with Crippen molar-refractivity contribution in [2.24, 2.45) is 0 Å². The number of piperidine rings is 1. The van der Waals surface area contributed by atoms with Gasteiger partial charge in [0.25, 0.3) is 0 Å². The molecule has 1 aliphatic heterocycles. The Balaban J connectivity index is 1.51. The van der Waals surface area contributed by atoms with Gasteiger partial charge in [-0.2, -0.15) is 4.37 Å². The summed E-state index contributed by atoms with van der Waals surface area (Å²) < 4.78 is 40.0. The van der Waals surface area contributed by atoms with Gasteiger partial charge >= 0.3 is 0 Å². The molecule has 5 nitrogen and oxygen atoms in total. The normalized spacial score (nSPS) is 15.7. The number of aromatic nitrogens is 2. The van der Waals surface area contributed by atoms with Gasteiger partial charge in [-0.05, 0) is 11.6 Å². The lowest BCUT2D eigenvalue weighted by Crippen LogP contribution is -2.42. The fourth-order valence-corrected chi connectivity index (χ4v) is 2.90. The van der Waals surface area contributed by atoms with Crippen molar-refractivity contribution in [3.05, 3.63) is 41.6 Å². The molecule has 1 aliphatic rings. The standard InChI is InChI=1S/C15H15F2N3O2S/c16-11-2-1-10(13(17)8-11)7-15(21)20-5-3-12(4-6-20)22-14-9-18-23-19-14/h1-2,8-9,12H,3-7H2. The number of benzene rings is 1. The molecule has 0 spiro atoms. The average molecular weight is 339 g/mol. The Labute approximate surface area is 136 Å². The van der Waals surface area contributed by atoms with E-state index in [9.17, 15) is 13.6 Å². The summed E-state index contributed by atoms with van der Waals surface area (Å²) in [6.07, 6.45) is 2.89. The van der Waals surface area contributed by atoms with Crippen LogP contribution in [0.3, 0.4) is 0 Å². The number of hydrogen-bond donors (Lipinski definition) is 0. The van der Waals surface area contributed by atoms with Gasteiger partial charge in [-0.3, -0.25) is 4.79 Å². The van der Waals surface area contributed by atoms with Gasteiger partial charge in [-0.15, -0.1) is 4.37 Å². The molecule has 2 heterocycles. The van der Waals surface area contributed by atoms with E-state index in [1.165, 1.54) is 6.07 Å². The first-order chi connectivity index (χ1) is 11.1. The second-order valence-electron chi connectivity index (χ2n) is 5.36. The van der Waals surface area contributed by atoms with Crippen LogP contribution >= 0.6 is 11.7 Å². The lowest BCUT2D eigenvalue weighted by molar-refractivity contribution is -0.132. The predicted octanol–water partition coefficient (Wildman–Crippen LogP) is 2.43. The summed E-state index contributed by atoms with van der Waals surface area (Å²) in [5.41, 5.74) is 0.211. The van der Waals surface area contributed by atoms with Crippen LogP contribution in [-0.2, 0) is 11.2 Å². The molecule has 1 amide bonds. The summed E-state index contributed by atoms with van der Waals surface area (Å²) in [5.74, 6) is -0.988. The highest BCUT2D eigenvalue weighted by Gasteiger charge is 2.25. The van der Waals surface area contributed by atoms with E-state index in [0.29, 0.717) is 31.8 Å². The molecule has 1 aromatic carbocycles. The number of halogens is 2. The molecule has 8 heteroatoms. The van der Waals surface area contributed by atoms with Crippen LogP contribution in [-0.4, -0.2) is 38.7 Å². The van der Waals surface area contributed by atoms with E-state index >= 15 is 0 Å². The molecule has 0 unspecified atom stereocenters. The van der Waals surface area contributed by atoms with Crippen molar-refractivity contribution in [2.75, 3.05) is 13.1 Å². The molecule has 1 saturated heterocycles. The molecule has 0 saturated carbocycles. The number of carbonyl (C=O) groups excluding carboxylic acids is 1. The molecule has 3 rings (SSSR count). The van der Waals surface area contributed by atoms with E-state index < -0.39 is 11.6 Å². The average Bonchev–Trinajstić information content (AvgIpc) is 3.04. The van der Waals surface area contributed by atoms with E-state index in [0.717, 1.165) is 23.9 Å². The predicted molar refractivity (Wildman–Crippen MR) is 80.2 cm³/mol.